The first-order valence-corrected chi connectivity index (χ1v) is 5.99. The van der Waals surface area contributed by atoms with Crippen LogP contribution < -0.4 is 0 Å². The number of carbonyl (C=O) groups is 1. The van der Waals surface area contributed by atoms with E-state index in [9.17, 15) is 4.79 Å². The minimum absolute atomic E-state index is 0.192. The fourth-order valence-electron chi connectivity index (χ4n) is 2.29. The van der Waals surface area contributed by atoms with Gasteiger partial charge in [0.05, 0.1) is 12.5 Å². The van der Waals surface area contributed by atoms with Gasteiger partial charge in [-0.2, -0.15) is 0 Å². The topological polar surface area (TPSA) is 35.5 Å². The van der Waals surface area contributed by atoms with Crippen LogP contribution in [0.2, 0.25) is 5.02 Å². The van der Waals surface area contributed by atoms with Crippen molar-refractivity contribution in [2.24, 2.45) is 0 Å². The Labute approximate surface area is 106 Å². The van der Waals surface area contributed by atoms with Gasteiger partial charge < -0.3 is 9.47 Å². The van der Waals surface area contributed by atoms with Gasteiger partial charge in [-0.1, -0.05) is 23.7 Å². The molecule has 1 saturated heterocycles. The second-order valence-corrected chi connectivity index (χ2v) is 4.63. The maximum atomic E-state index is 12.1. The fraction of sp³-hybridized carbons (Fsp3) is 0.462. The summed E-state index contributed by atoms with van der Waals surface area (Å²) in [7, 11) is 1.43. The van der Waals surface area contributed by atoms with E-state index in [1.165, 1.54) is 7.11 Å². The molecule has 1 heterocycles. The Morgan fingerprint density at radius 3 is 2.41 bits per heavy atom. The zero-order valence-electron chi connectivity index (χ0n) is 9.74. The average molecular weight is 255 g/mol. The zero-order chi connectivity index (χ0) is 12.3. The number of ether oxygens (including phenoxy) is 2. The lowest BCUT2D eigenvalue weighted by Gasteiger charge is -2.34. The highest BCUT2D eigenvalue weighted by Gasteiger charge is 2.42. The van der Waals surface area contributed by atoms with E-state index in [1.807, 2.05) is 12.1 Å². The molecule has 0 atom stereocenters. The van der Waals surface area contributed by atoms with Crippen LogP contribution in [0.25, 0.3) is 0 Å². The third-order valence-electron chi connectivity index (χ3n) is 3.32. The Balaban J connectivity index is 2.38. The zero-order valence-corrected chi connectivity index (χ0v) is 10.5. The van der Waals surface area contributed by atoms with Crippen LogP contribution in [0.1, 0.15) is 18.4 Å². The normalized spacial score (nSPS) is 18.7. The molecule has 3 nitrogen and oxygen atoms in total. The van der Waals surface area contributed by atoms with E-state index in [-0.39, 0.29) is 5.97 Å². The highest BCUT2D eigenvalue weighted by atomic mass is 35.5. The number of hydrogen-bond donors (Lipinski definition) is 0. The third-order valence-corrected chi connectivity index (χ3v) is 3.57. The molecule has 0 N–H and O–H groups in total. The number of hydrogen-bond acceptors (Lipinski definition) is 3. The van der Waals surface area contributed by atoms with E-state index in [4.69, 9.17) is 21.1 Å². The average Bonchev–Trinajstić information content (AvgIpc) is 2.39. The molecule has 0 amide bonds. The number of esters is 1. The number of halogens is 1. The summed E-state index contributed by atoms with van der Waals surface area (Å²) in [6, 6.07) is 7.39. The summed E-state index contributed by atoms with van der Waals surface area (Å²) in [5.74, 6) is -0.192. The molecule has 1 fully saturated rings. The van der Waals surface area contributed by atoms with Gasteiger partial charge in [0, 0.05) is 18.2 Å². The monoisotopic (exact) mass is 254 g/mol. The van der Waals surface area contributed by atoms with E-state index in [0.717, 1.165) is 5.56 Å². The number of benzene rings is 1. The summed E-state index contributed by atoms with van der Waals surface area (Å²) in [5.41, 5.74) is 0.384. The summed E-state index contributed by atoms with van der Waals surface area (Å²) in [6.45, 7) is 1.16. The van der Waals surface area contributed by atoms with Crippen LogP contribution in [0.5, 0.6) is 0 Å². The smallest absolute Gasteiger partial charge is 0.316 e. The molecule has 0 spiro atoms. The van der Waals surface area contributed by atoms with Gasteiger partial charge in [0.1, 0.15) is 0 Å². The van der Waals surface area contributed by atoms with Crippen molar-refractivity contribution < 1.29 is 14.3 Å². The largest absolute Gasteiger partial charge is 0.468 e. The molecule has 92 valence electrons. The molecule has 0 saturated carbocycles. The Hall–Kier alpha value is -1.06. The fourth-order valence-corrected chi connectivity index (χ4v) is 2.42. The van der Waals surface area contributed by atoms with Crippen LogP contribution in [0, 0.1) is 0 Å². The van der Waals surface area contributed by atoms with Crippen molar-refractivity contribution in [1.29, 1.82) is 0 Å². The Bertz CT molecular complexity index is 394. The first kappa shape index (κ1) is 12.4. The van der Waals surface area contributed by atoms with Crippen LogP contribution in [-0.4, -0.2) is 26.3 Å². The standard InChI is InChI=1S/C13H15ClO3/c1-16-12(15)13(6-8-17-9-7-13)10-2-4-11(14)5-3-10/h2-5H,6-9H2,1H3. The summed E-state index contributed by atoms with van der Waals surface area (Å²) in [6.07, 6.45) is 1.31. The van der Waals surface area contributed by atoms with Crippen molar-refractivity contribution in [3.63, 3.8) is 0 Å². The van der Waals surface area contributed by atoms with Gasteiger partial charge >= 0.3 is 5.97 Å². The van der Waals surface area contributed by atoms with Crippen molar-refractivity contribution in [2.45, 2.75) is 18.3 Å². The van der Waals surface area contributed by atoms with Crippen LogP contribution >= 0.6 is 11.6 Å². The second kappa shape index (κ2) is 5.07. The summed E-state index contributed by atoms with van der Waals surface area (Å²) < 4.78 is 10.3. The minimum atomic E-state index is -0.572. The Morgan fingerprint density at radius 1 is 1.29 bits per heavy atom. The minimum Gasteiger partial charge on any atom is -0.468 e. The van der Waals surface area contributed by atoms with Gasteiger partial charge in [-0.25, -0.2) is 0 Å². The van der Waals surface area contributed by atoms with E-state index < -0.39 is 5.41 Å². The van der Waals surface area contributed by atoms with Gasteiger partial charge in [0.2, 0.25) is 0 Å². The Kier molecular flexibility index (Phi) is 3.69. The molecule has 1 aliphatic rings. The van der Waals surface area contributed by atoms with E-state index in [1.54, 1.807) is 12.1 Å². The molecule has 1 aromatic rings. The highest BCUT2D eigenvalue weighted by Crippen LogP contribution is 2.36. The molecule has 4 heteroatoms. The number of methoxy groups -OCH3 is 1. The maximum Gasteiger partial charge on any atom is 0.316 e. The third kappa shape index (κ3) is 2.31. The van der Waals surface area contributed by atoms with E-state index in [0.29, 0.717) is 31.1 Å². The van der Waals surface area contributed by atoms with Crippen LogP contribution in [0.15, 0.2) is 24.3 Å². The first-order chi connectivity index (χ1) is 8.19. The van der Waals surface area contributed by atoms with Gasteiger partial charge in [-0.15, -0.1) is 0 Å². The van der Waals surface area contributed by atoms with Gasteiger partial charge in [0.15, 0.2) is 0 Å². The summed E-state index contributed by atoms with van der Waals surface area (Å²) in [4.78, 5) is 12.1. The summed E-state index contributed by atoms with van der Waals surface area (Å²) in [5, 5.41) is 0.667. The maximum absolute atomic E-state index is 12.1. The van der Waals surface area contributed by atoms with E-state index in [2.05, 4.69) is 0 Å². The van der Waals surface area contributed by atoms with Crippen molar-refractivity contribution in [1.82, 2.24) is 0 Å². The molecule has 1 aromatic carbocycles. The molecule has 0 unspecified atom stereocenters. The lowest BCUT2D eigenvalue weighted by Crippen LogP contribution is -2.42. The highest BCUT2D eigenvalue weighted by molar-refractivity contribution is 6.30. The molecule has 0 radical (unpaired) electrons. The lowest BCUT2D eigenvalue weighted by atomic mass is 9.74. The lowest BCUT2D eigenvalue weighted by molar-refractivity contribution is -0.151. The van der Waals surface area contributed by atoms with Crippen LogP contribution in [-0.2, 0) is 19.7 Å². The molecule has 0 bridgehead atoms. The van der Waals surface area contributed by atoms with Crippen molar-refractivity contribution in [3.8, 4) is 0 Å². The van der Waals surface area contributed by atoms with E-state index >= 15 is 0 Å². The molecule has 17 heavy (non-hydrogen) atoms. The van der Waals surface area contributed by atoms with Crippen molar-refractivity contribution in [3.05, 3.63) is 34.9 Å². The second-order valence-electron chi connectivity index (χ2n) is 4.19. The Morgan fingerprint density at radius 2 is 1.88 bits per heavy atom. The first-order valence-electron chi connectivity index (χ1n) is 5.61. The predicted octanol–water partition coefficient (Wildman–Crippen LogP) is 2.56. The molecule has 2 rings (SSSR count). The van der Waals surface area contributed by atoms with Crippen LogP contribution in [0.4, 0.5) is 0 Å². The van der Waals surface area contributed by atoms with Gasteiger partial charge in [-0.05, 0) is 30.5 Å². The number of rotatable bonds is 2. The molecule has 1 aliphatic heterocycles. The quantitative estimate of drug-likeness (QED) is 0.761. The predicted molar refractivity (Wildman–Crippen MR) is 65.2 cm³/mol. The van der Waals surface area contributed by atoms with Gasteiger partial charge in [0.25, 0.3) is 0 Å². The molecular weight excluding hydrogens is 240 g/mol. The molecular formula is C13H15ClO3. The van der Waals surface area contributed by atoms with Gasteiger partial charge in [-0.3, -0.25) is 4.79 Å². The summed E-state index contributed by atoms with van der Waals surface area (Å²) >= 11 is 5.87. The van der Waals surface area contributed by atoms with Crippen molar-refractivity contribution >= 4 is 17.6 Å². The number of carbonyl (C=O) groups excluding carboxylic acids is 1. The molecule has 0 aromatic heterocycles. The molecule has 0 aliphatic carbocycles. The van der Waals surface area contributed by atoms with Crippen molar-refractivity contribution in [2.75, 3.05) is 20.3 Å². The van der Waals surface area contributed by atoms with Crippen LogP contribution in [0.3, 0.4) is 0 Å². The SMILES string of the molecule is COC(=O)C1(c2ccc(Cl)cc2)CCOCC1.